The molecule has 6 nitrogen and oxygen atoms in total. The number of halogens is 3. The molecule has 0 saturated carbocycles. The van der Waals surface area contributed by atoms with Gasteiger partial charge in [-0.15, -0.1) is 0 Å². The Morgan fingerprint density at radius 2 is 2.00 bits per heavy atom. The van der Waals surface area contributed by atoms with Crippen LogP contribution < -0.4 is 10.1 Å². The number of ether oxygens (including phenoxy) is 1. The first kappa shape index (κ1) is 16.6. The molecule has 3 N–H and O–H groups in total. The molecule has 1 aromatic carbocycles. The van der Waals surface area contributed by atoms with Crippen LogP contribution in [0.15, 0.2) is 18.2 Å². The number of alkyl halides is 3. The number of carbonyl (C=O) groups is 2. The van der Waals surface area contributed by atoms with Crippen molar-refractivity contribution in [3.05, 3.63) is 23.8 Å². The number of rotatable bonds is 5. The van der Waals surface area contributed by atoms with E-state index in [1.54, 1.807) is 0 Å². The molecule has 0 saturated heterocycles. The summed E-state index contributed by atoms with van der Waals surface area (Å²) >= 11 is 0. The van der Waals surface area contributed by atoms with Gasteiger partial charge in [0.15, 0.2) is 11.5 Å². The smallest absolute Gasteiger partial charge is 0.471 e. The summed E-state index contributed by atoms with van der Waals surface area (Å²) in [4.78, 5) is 21.7. The molecule has 0 bridgehead atoms. The van der Waals surface area contributed by atoms with Gasteiger partial charge in [0.1, 0.15) is 6.04 Å². The zero-order chi connectivity index (χ0) is 16.2. The number of aliphatic carboxylic acids is 1. The molecule has 1 unspecified atom stereocenters. The SMILES string of the molecule is COc1cccc(CC(NC(=O)C(F)(F)F)C(=O)O)c1O. The Morgan fingerprint density at radius 1 is 1.38 bits per heavy atom. The summed E-state index contributed by atoms with van der Waals surface area (Å²) in [7, 11) is 1.26. The molecule has 9 heteroatoms. The lowest BCUT2D eigenvalue weighted by molar-refractivity contribution is -0.175. The van der Waals surface area contributed by atoms with Crippen LogP contribution in [-0.4, -0.2) is 41.4 Å². The molecule has 116 valence electrons. The van der Waals surface area contributed by atoms with Gasteiger partial charge < -0.3 is 20.3 Å². The number of para-hydroxylation sites is 1. The van der Waals surface area contributed by atoms with E-state index in [0.717, 1.165) is 0 Å². The van der Waals surface area contributed by atoms with Gasteiger partial charge in [-0.3, -0.25) is 4.79 Å². The van der Waals surface area contributed by atoms with Gasteiger partial charge in [-0.2, -0.15) is 13.2 Å². The Balaban J connectivity index is 2.95. The standard InChI is InChI=1S/C12H12F3NO5/c1-21-8-4-2-3-6(9(8)17)5-7(10(18)19)16-11(20)12(13,14)15/h2-4,7,17H,5H2,1H3,(H,16,20)(H,18,19). The van der Waals surface area contributed by atoms with Crippen LogP contribution in [0.2, 0.25) is 0 Å². The van der Waals surface area contributed by atoms with Crippen molar-refractivity contribution in [2.24, 2.45) is 0 Å². The van der Waals surface area contributed by atoms with Gasteiger partial charge in [0.05, 0.1) is 7.11 Å². The summed E-state index contributed by atoms with van der Waals surface area (Å²) in [6.07, 6.45) is -5.72. The van der Waals surface area contributed by atoms with Crippen LogP contribution in [0, 0.1) is 0 Å². The first-order valence-corrected chi connectivity index (χ1v) is 5.62. The van der Waals surface area contributed by atoms with Crippen molar-refractivity contribution in [1.29, 1.82) is 0 Å². The molecular weight excluding hydrogens is 295 g/mol. The fourth-order valence-electron chi connectivity index (χ4n) is 1.56. The van der Waals surface area contributed by atoms with Gasteiger partial charge in [0.25, 0.3) is 0 Å². The van der Waals surface area contributed by atoms with Crippen molar-refractivity contribution in [2.45, 2.75) is 18.6 Å². The molecule has 0 aliphatic heterocycles. The predicted octanol–water partition coefficient (Wildman–Crippen LogP) is 1.07. The maximum absolute atomic E-state index is 12.1. The molecule has 0 radical (unpaired) electrons. The number of phenolic OH excluding ortho intramolecular Hbond substituents is 1. The zero-order valence-corrected chi connectivity index (χ0v) is 10.8. The van der Waals surface area contributed by atoms with E-state index < -0.39 is 36.3 Å². The van der Waals surface area contributed by atoms with Crippen molar-refractivity contribution in [3.63, 3.8) is 0 Å². The molecule has 0 aliphatic carbocycles. The minimum Gasteiger partial charge on any atom is -0.504 e. The summed E-state index contributed by atoms with van der Waals surface area (Å²) in [6, 6.07) is 2.30. The number of nitrogens with one attached hydrogen (secondary N) is 1. The lowest BCUT2D eigenvalue weighted by Gasteiger charge is -2.17. The second kappa shape index (κ2) is 6.33. The van der Waals surface area contributed by atoms with Crippen LogP contribution in [0.3, 0.4) is 0 Å². The number of carboxylic acids is 1. The average Bonchev–Trinajstić information content (AvgIpc) is 2.38. The molecule has 21 heavy (non-hydrogen) atoms. The number of hydrogen-bond donors (Lipinski definition) is 3. The van der Waals surface area contributed by atoms with E-state index in [4.69, 9.17) is 9.84 Å². The van der Waals surface area contributed by atoms with Crippen LogP contribution in [0.5, 0.6) is 11.5 Å². The molecule has 0 fully saturated rings. The third-order valence-electron chi connectivity index (χ3n) is 2.59. The summed E-state index contributed by atoms with van der Waals surface area (Å²) in [5.74, 6) is -4.38. The molecule has 1 aromatic rings. The first-order chi connectivity index (χ1) is 9.66. The fraction of sp³-hybridized carbons (Fsp3) is 0.333. The Bertz CT molecular complexity index is 544. The summed E-state index contributed by atoms with van der Waals surface area (Å²) in [6.45, 7) is 0. The molecule has 1 rings (SSSR count). The number of amides is 1. The maximum Gasteiger partial charge on any atom is 0.471 e. The van der Waals surface area contributed by atoms with Crippen LogP contribution in [0.25, 0.3) is 0 Å². The monoisotopic (exact) mass is 307 g/mol. The first-order valence-electron chi connectivity index (χ1n) is 5.62. The van der Waals surface area contributed by atoms with Crippen molar-refractivity contribution in [1.82, 2.24) is 5.32 Å². The molecular formula is C12H12F3NO5. The Kier molecular flexibility index (Phi) is 5.01. The topological polar surface area (TPSA) is 95.9 Å². The van der Waals surface area contributed by atoms with E-state index in [1.165, 1.54) is 30.6 Å². The van der Waals surface area contributed by atoms with Crippen LogP contribution >= 0.6 is 0 Å². The van der Waals surface area contributed by atoms with Crippen molar-refractivity contribution in [2.75, 3.05) is 7.11 Å². The van der Waals surface area contributed by atoms with E-state index >= 15 is 0 Å². The van der Waals surface area contributed by atoms with Gasteiger partial charge in [0, 0.05) is 12.0 Å². The highest BCUT2D eigenvalue weighted by molar-refractivity contribution is 5.87. The third kappa shape index (κ3) is 4.26. The number of hydrogen-bond acceptors (Lipinski definition) is 4. The van der Waals surface area contributed by atoms with Crippen molar-refractivity contribution >= 4 is 11.9 Å². The van der Waals surface area contributed by atoms with Gasteiger partial charge >= 0.3 is 18.1 Å². The van der Waals surface area contributed by atoms with Gasteiger partial charge in [-0.1, -0.05) is 12.1 Å². The minimum absolute atomic E-state index is 0.0317. The van der Waals surface area contributed by atoms with Crippen molar-refractivity contribution in [3.8, 4) is 11.5 Å². The minimum atomic E-state index is -5.19. The Morgan fingerprint density at radius 3 is 2.48 bits per heavy atom. The maximum atomic E-state index is 12.1. The van der Waals surface area contributed by atoms with E-state index in [-0.39, 0.29) is 11.3 Å². The van der Waals surface area contributed by atoms with E-state index in [2.05, 4.69) is 0 Å². The summed E-state index contributed by atoms with van der Waals surface area (Å²) in [5, 5.41) is 20.0. The number of aromatic hydroxyl groups is 1. The second-order valence-electron chi connectivity index (χ2n) is 4.03. The molecule has 0 spiro atoms. The number of benzene rings is 1. The van der Waals surface area contributed by atoms with E-state index in [0.29, 0.717) is 0 Å². The second-order valence-corrected chi connectivity index (χ2v) is 4.03. The highest BCUT2D eigenvalue weighted by Crippen LogP contribution is 2.30. The van der Waals surface area contributed by atoms with Crippen LogP contribution in [0.4, 0.5) is 13.2 Å². The molecule has 1 atom stereocenters. The van der Waals surface area contributed by atoms with E-state index in [1.807, 2.05) is 0 Å². The van der Waals surface area contributed by atoms with Crippen LogP contribution in [-0.2, 0) is 16.0 Å². The molecule has 0 heterocycles. The highest BCUT2D eigenvalue weighted by atomic mass is 19.4. The number of carboxylic acid groups (broad SMARTS) is 1. The zero-order valence-electron chi connectivity index (χ0n) is 10.8. The largest absolute Gasteiger partial charge is 0.504 e. The summed E-state index contributed by atoms with van der Waals surface area (Å²) in [5.41, 5.74) is 0.0317. The molecule has 1 amide bonds. The normalized spacial score (nSPS) is 12.6. The quantitative estimate of drug-likeness (QED) is 0.756. The van der Waals surface area contributed by atoms with Crippen molar-refractivity contribution < 1.29 is 37.7 Å². The molecule has 0 aliphatic rings. The molecule has 0 aromatic heterocycles. The lowest BCUT2D eigenvalue weighted by atomic mass is 10.0. The van der Waals surface area contributed by atoms with Gasteiger partial charge in [0.2, 0.25) is 0 Å². The number of phenols is 1. The number of carbonyl (C=O) groups excluding carboxylic acids is 1. The fourth-order valence-corrected chi connectivity index (χ4v) is 1.56. The Labute approximate surface area is 117 Å². The van der Waals surface area contributed by atoms with Gasteiger partial charge in [-0.05, 0) is 6.07 Å². The highest BCUT2D eigenvalue weighted by Gasteiger charge is 2.41. The lowest BCUT2D eigenvalue weighted by Crippen LogP contribution is -2.47. The number of methoxy groups -OCH3 is 1. The summed E-state index contributed by atoms with van der Waals surface area (Å²) < 4.78 is 41.2. The van der Waals surface area contributed by atoms with E-state index in [9.17, 15) is 27.9 Å². The average molecular weight is 307 g/mol. The van der Waals surface area contributed by atoms with Gasteiger partial charge in [-0.25, -0.2) is 4.79 Å². The predicted molar refractivity (Wildman–Crippen MR) is 64.0 cm³/mol. The third-order valence-corrected chi connectivity index (χ3v) is 2.59. The Hall–Kier alpha value is -2.45. The van der Waals surface area contributed by atoms with Crippen LogP contribution in [0.1, 0.15) is 5.56 Å².